The smallest absolute Gasteiger partial charge is 0.253 e. The van der Waals surface area contributed by atoms with E-state index in [4.69, 9.17) is 5.73 Å². The molecule has 0 saturated carbocycles. The van der Waals surface area contributed by atoms with Gasteiger partial charge in [0.15, 0.2) is 0 Å². The van der Waals surface area contributed by atoms with E-state index in [1.807, 2.05) is 36.1 Å². The van der Waals surface area contributed by atoms with Gasteiger partial charge in [0, 0.05) is 24.7 Å². The lowest BCUT2D eigenvalue weighted by atomic mass is 10.0. The van der Waals surface area contributed by atoms with Crippen LogP contribution in [0.25, 0.3) is 0 Å². The third-order valence-electron chi connectivity index (χ3n) is 3.86. The molecule has 2 rings (SSSR count). The Bertz CT molecular complexity index is 417. The zero-order valence-corrected chi connectivity index (χ0v) is 12.5. The maximum absolute atomic E-state index is 12.3. The van der Waals surface area contributed by atoms with E-state index < -0.39 is 0 Å². The number of nitrogens with two attached hydrogens (primary N) is 1. The van der Waals surface area contributed by atoms with Crippen LogP contribution in [0.3, 0.4) is 0 Å². The third kappa shape index (κ3) is 3.71. The number of benzene rings is 1. The number of likely N-dealkylation sites (tertiary alicyclic amines) is 1. The molecule has 1 saturated heterocycles. The van der Waals surface area contributed by atoms with Gasteiger partial charge in [-0.25, -0.2) is 0 Å². The van der Waals surface area contributed by atoms with E-state index in [0.717, 1.165) is 31.5 Å². The van der Waals surface area contributed by atoms with Crippen molar-refractivity contribution < 1.29 is 4.79 Å². The summed E-state index contributed by atoms with van der Waals surface area (Å²) in [6.07, 6.45) is 2.03. The normalized spacial score (nSPS) is 19.9. The van der Waals surface area contributed by atoms with Crippen LogP contribution in [-0.4, -0.2) is 29.9 Å². The molecule has 3 nitrogen and oxygen atoms in total. The fourth-order valence-corrected chi connectivity index (χ4v) is 2.47. The highest BCUT2D eigenvalue weighted by Crippen LogP contribution is 2.20. The molecule has 1 aliphatic heterocycles. The molecule has 0 radical (unpaired) electrons. The summed E-state index contributed by atoms with van der Waals surface area (Å²) in [6, 6.07) is 8.10. The fourth-order valence-electron chi connectivity index (χ4n) is 2.47. The van der Waals surface area contributed by atoms with Gasteiger partial charge in [-0.3, -0.25) is 4.79 Å². The van der Waals surface area contributed by atoms with Crippen LogP contribution in [0.4, 0.5) is 0 Å². The molecule has 106 valence electrons. The molecule has 0 aliphatic carbocycles. The number of hydrogen-bond donors (Lipinski definition) is 1. The topological polar surface area (TPSA) is 46.3 Å². The van der Waals surface area contributed by atoms with Crippen LogP contribution in [-0.2, 0) is 6.42 Å². The Balaban J connectivity index is 0.00000180. The molecular weight excluding hydrogens is 260 g/mol. The predicted octanol–water partition coefficient (Wildman–Crippen LogP) is 2.48. The highest BCUT2D eigenvalue weighted by Gasteiger charge is 2.28. The second-order valence-corrected chi connectivity index (χ2v) is 5.21. The highest BCUT2D eigenvalue weighted by atomic mass is 35.5. The third-order valence-corrected chi connectivity index (χ3v) is 3.86. The largest absolute Gasteiger partial charge is 0.338 e. The first-order valence-electron chi connectivity index (χ1n) is 6.75. The molecule has 2 unspecified atom stereocenters. The Morgan fingerprint density at radius 2 is 2.05 bits per heavy atom. The summed E-state index contributed by atoms with van der Waals surface area (Å²) in [4.78, 5) is 14.2. The quantitative estimate of drug-likeness (QED) is 0.926. The lowest BCUT2D eigenvalue weighted by Gasteiger charge is -2.18. The van der Waals surface area contributed by atoms with Gasteiger partial charge in [-0.15, -0.1) is 12.4 Å². The lowest BCUT2D eigenvalue weighted by molar-refractivity contribution is 0.0786. The molecule has 4 heteroatoms. The SMILES string of the molecule is CCc1ccc(C(=O)N2CCC(C(C)N)C2)cc1.Cl. The molecule has 1 fully saturated rings. The van der Waals surface area contributed by atoms with Crippen LogP contribution >= 0.6 is 12.4 Å². The maximum atomic E-state index is 12.3. The minimum absolute atomic E-state index is 0. The molecule has 0 bridgehead atoms. The Morgan fingerprint density at radius 3 is 2.53 bits per heavy atom. The molecule has 1 aromatic carbocycles. The number of aryl methyl sites for hydroxylation is 1. The highest BCUT2D eigenvalue weighted by molar-refractivity contribution is 5.94. The first-order valence-corrected chi connectivity index (χ1v) is 6.75. The Morgan fingerprint density at radius 1 is 1.42 bits per heavy atom. The molecule has 0 spiro atoms. The predicted molar refractivity (Wildman–Crippen MR) is 80.7 cm³/mol. The molecular formula is C15H23ClN2O. The van der Waals surface area contributed by atoms with Gasteiger partial charge in [0.05, 0.1) is 0 Å². The number of hydrogen-bond acceptors (Lipinski definition) is 2. The van der Waals surface area contributed by atoms with Crippen LogP contribution in [0.15, 0.2) is 24.3 Å². The van der Waals surface area contributed by atoms with Crippen molar-refractivity contribution in [2.75, 3.05) is 13.1 Å². The van der Waals surface area contributed by atoms with E-state index in [-0.39, 0.29) is 24.4 Å². The van der Waals surface area contributed by atoms with Gasteiger partial charge in [-0.1, -0.05) is 19.1 Å². The zero-order valence-electron chi connectivity index (χ0n) is 11.6. The van der Waals surface area contributed by atoms with Gasteiger partial charge in [0.1, 0.15) is 0 Å². The summed E-state index contributed by atoms with van der Waals surface area (Å²) >= 11 is 0. The Labute approximate surface area is 121 Å². The monoisotopic (exact) mass is 282 g/mol. The first-order chi connectivity index (χ1) is 8.61. The van der Waals surface area contributed by atoms with Crippen LogP contribution < -0.4 is 5.73 Å². The fraction of sp³-hybridized carbons (Fsp3) is 0.533. The molecule has 1 heterocycles. The van der Waals surface area contributed by atoms with Crippen molar-refractivity contribution in [3.05, 3.63) is 35.4 Å². The number of carbonyl (C=O) groups excluding carboxylic acids is 1. The van der Waals surface area contributed by atoms with Crippen molar-refractivity contribution in [2.24, 2.45) is 11.7 Å². The summed E-state index contributed by atoms with van der Waals surface area (Å²) in [5.74, 6) is 0.588. The molecule has 1 amide bonds. The van der Waals surface area contributed by atoms with Gasteiger partial charge >= 0.3 is 0 Å². The lowest BCUT2D eigenvalue weighted by Crippen LogP contribution is -2.32. The zero-order chi connectivity index (χ0) is 13.1. The minimum atomic E-state index is 0. The summed E-state index contributed by atoms with van der Waals surface area (Å²) in [5.41, 5.74) is 7.95. The van der Waals surface area contributed by atoms with E-state index in [1.165, 1.54) is 5.56 Å². The number of nitrogens with zero attached hydrogens (tertiary/aromatic N) is 1. The Hall–Kier alpha value is -1.06. The van der Waals surface area contributed by atoms with Gasteiger partial charge in [0.25, 0.3) is 5.91 Å². The van der Waals surface area contributed by atoms with Gasteiger partial charge in [-0.05, 0) is 43.4 Å². The van der Waals surface area contributed by atoms with Crippen LogP contribution in [0.5, 0.6) is 0 Å². The van der Waals surface area contributed by atoms with Crippen LogP contribution in [0.1, 0.15) is 36.2 Å². The van der Waals surface area contributed by atoms with Crippen molar-refractivity contribution in [1.29, 1.82) is 0 Å². The van der Waals surface area contributed by atoms with Crippen molar-refractivity contribution in [2.45, 2.75) is 32.7 Å². The van der Waals surface area contributed by atoms with Crippen molar-refractivity contribution in [3.63, 3.8) is 0 Å². The summed E-state index contributed by atoms with van der Waals surface area (Å²) in [7, 11) is 0. The minimum Gasteiger partial charge on any atom is -0.338 e. The molecule has 19 heavy (non-hydrogen) atoms. The summed E-state index contributed by atoms with van der Waals surface area (Å²) in [6.45, 7) is 5.77. The Kier molecular flexibility index (Phi) is 5.83. The first kappa shape index (κ1) is 16.0. The van der Waals surface area contributed by atoms with Crippen molar-refractivity contribution in [1.82, 2.24) is 4.90 Å². The number of halogens is 1. The molecule has 2 atom stereocenters. The second kappa shape index (κ2) is 6.92. The molecule has 2 N–H and O–H groups in total. The number of carbonyl (C=O) groups is 1. The number of rotatable bonds is 3. The van der Waals surface area contributed by atoms with Crippen LogP contribution in [0.2, 0.25) is 0 Å². The second-order valence-electron chi connectivity index (χ2n) is 5.21. The van der Waals surface area contributed by atoms with E-state index in [9.17, 15) is 4.79 Å². The van der Waals surface area contributed by atoms with E-state index in [1.54, 1.807) is 0 Å². The van der Waals surface area contributed by atoms with Gasteiger partial charge in [0.2, 0.25) is 0 Å². The average molecular weight is 283 g/mol. The maximum Gasteiger partial charge on any atom is 0.253 e. The number of amides is 1. The standard InChI is InChI=1S/C15H22N2O.ClH/c1-3-12-4-6-13(7-5-12)15(18)17-9-8-14(10-17)11(2)16;/h4-7,11,14H,3,8-10,16H2,1-2H3;1H. The average Bonchev–Trinajstić information content (AvgIpc) is 2.88. The summed E-state index contributed by atoms with van der Waals surface area (Å²) < 4.78 is 0. The van der Waals surface area contributed by atoms with Crippen LogP contribution in [0, 0.1) is 5.92 Å². The van der Waals surface area contributed by atoms with E-state index in [2.05, 4.69) is 6.92 Å². The molecule has 1 aliphatic rings. The summed E-state index contributed by atoms with van der Waals surface area (Å²) in [5, 5.41) is 0. The van der Waals surface area contributed by atoms with Crippen molar-refractivity contribution >= 4 is 18.3 Å². The van der Waals surface area contributed by atoms with Gasteiger partial charge in [-0.2, -0.15) is 0 Å². The van der Waals surface area contributed by atoms with E-state index >= 15 is 0 Å². The van der Waals surface area contributed by atoms with Gasteiger partial charge < -0.3 is 10.6 Å². The van der Waals surface area contributed by atoms with Crippen molar-refractivity contribution in [3.8, 4) is 0 Å². The molecule has 0 aromatic heterocycles. The van der Waals surface area contributed by atoms with E-state index in [0.29, 0.717) is 5.92 Å². The molecule has 1 aromatic rings.